The van der Waals surface area contributed by atoms with Gasteiger partial charge in [0, 0.05) is 24.2 Å². The Hall–Kier alpha value is -2.07. The van der Waals surface area contributed by atoms with Gasteiger partial charge in [-0.1, -0.05) is 0 Å². The molecule has 0 unspecified atom stereocenters. The largest absolute Gasteiger partial charge is 0.349 e. The molecule has 0 bridgehead atoms. The lowest BCUT2D eigenvalue weighted by atomic mass is 10.2. The van der Waals surface area contributed by atoms with Gasteiger partial charge in [-0.2, -0.15) is 0 Å². The molecule has 1 amide bonds. The van der Waals surface area contributed by atoms with Crippen molar-refractivity contribution in [1.82, 2.24) is 5.32 Å². The molecule has 1 rings (SSSR count). The van der Waals surface area contributed by atoms with Gasteiger partial charge in [0.05, 0.1) is 9.82 Å². The van der Waals surface area contributed by atoms with Gasteiger partial charge in [0.1, 0.15) is 6.67 Å². The number of primary sulfonamides is 1. The number of nitrogens with zero attached hydrogens (tertiary/aromatic N) is 1. The predicted molar refractivity (Wildman–Crippen MR) is 62.8 cm³/mol. The highest BCUT2D eigenvalue weighted by Crippen LogP contribution is 2.20. The normalized spacial score (nSPS) is 11.1. The summed E-state index contributed by atoms with van der Waals surface area (Å²) in [7, 11) is -4.19. The number of benzene rings is 1. The average Bonchev–Trinajstić information content (AvgIpc) is 2.34. The highest BCUT2D eigenvalue weighted by atomic mass is 32.2. The summed E-state index contributed by atoms with van der Waals surface area (Å²) >= 11 is 0. The van der Waals surface area contributed by atoms with Crippen molar-refractivity contribution >= 4 is 21.6 Å². The zero-order valence-corrected chi connectivity index (χ0v) is 10.3. The van der Waals surface area contributed by atoms with Crippen LogP contribution in [-0.4, -0.2) is 32.5 Å². The third-order valence-electron chi connectivity index (χ3n) is 2.07. The van der Waals surface area contributed by atoms with E-state index in [-0.39, 0.29) is 12.1 Å². The monoisotopic (exact) mass is 291 g/mol. The second-order valence-electron chi connectivity index (χ2n) is 3.46. The molecule has 8 nitrogen and oxygen atoms in total. The van der Waals surface area contributed by atoms with E-state index in [1.807, 2.05) is 0 Å². The molecular formula is C9H10FN3O5S. The summed E-state index contributed by atoms with van der Waals surface area (Å²) in [6.45, 7) is -1.10. The Morgan fingerprint density at radius 1 is 1.42 bits per heavy atom. The molecule has 0 saturated heterocycles. The number of hydrogen-bond acceptors (Lipinski definition) is 5. The van der Waals surface area contributed by atoms with E-state index in [4.69, 9.17) is 5.14 Å². The van der Waals surface area contributed by atoms with Gasteiger partial charge >= 0.3 is 0 Å². The van der Waals surface area contributed by atoms with Crippen LogP contribution in [-0.2, 0) is 10.0 Å². The quantitative estimate of drug-likeness (QED) is 0.579. The van der Waals surface area contributed by atoms with Crippen molar-refractivity contribution in [2.24, 2.45) is 5.14 Å². The number of rotatable bonds is 5. The maximum absolute atomic E-state index is 11.9. The molecule has 0 aliphatic rings. The van der Waals surface area contributed by atoms with Crippen LogP contribution >= 0.6 is 0 Å². The van der Waals surface area contributed by atoms with Crippen LogP contribution in [0.4, 0.5) is 10.1 Å². The van der Waals surface area contributed by atoms with Crippen molar-refractivity contribution in [1.29, 1.82) is 0 Å². The molecule has 1 aromatic carbocycles. The minimum atomic E-state index is -4.19. The maximum atomic E-state index is 11.9. The average molecular weight is 291 g/mol. The number of non-ortho nitro benzene ring substituents is 1. The molecule has 0 spiro atoms. The second-order valence-corrected chi connectivity index (χ2v) is 5.02. The molecule has 0 aromatic heterocycles. The van der Waals surface area contributed by atoms with Crippen molar-refractivity contribution in [2.75, 3.05) is 13.2 Å². The first-order chi connectivity index (χ1) is 8.75. The summed E-state index contributed by atoms with van der Waals surface area (Å²) in [4.78, 5) is 20.7. The fourth-order valence-corrected chi connectivity index (χ4v) is 1.82. The highest BCUT2D eigenvalue weighted by molar-refractivity contribution is 7.89. The third kappa shape index (κ3) is 3.96. The Labute approximate surface area is 107 Å². The maximum Gasteiger partial charge on any atom is 0.271 e. The summed E-state index contributed by atoms with van der Waals surface area (Å²) in [5.74, 6) is -0.828. The molecule has 0 atom stereocenters. The number of nitrogens with one attached hydrogen (secondary N) is 1. The van der Waals surface area contributed by atoms with E-state index >= 15 is 0 Å². The number of nitro groups is 1. The van der Waals surface area contributed by atoms with Crippen molar-refractivity contribution < 1.29 is 22.5 Å². The van der Waals surface area contributed by atoms with E-state index in [0.717, 1.165) is 18.2 Å². The van der Waals surface area contributed by atoms with Crippen LogP contribution in [0.15, 0.2) is 23.1 Å². The van der Waals surface area contributed by atoms with Gasteiger partial charge in [0.15, 0.2) is 0 Å². The molecule has 0 radical (unpaired) electrons. The molecule has 0 aliphatic heterocycles. The first-order valence-electron chi connectivity index (χ1n) is 4.92. The lowest BCUT2D eigenvalue weighted by Gasteiger charge is -2.05. The number of sulfonamides is 1. The Morgan fingerprint density at radius 3 is 2.53 bits per heavy atom. The van der Waals surface area contributed by atoms with Gasteiger partial charge < -0.3 is 5.32 Å². The highest BCUT2D eigenvalue weighted by Gasteiger charge is 2.19. The van der Waals surface area contributed by atoms with Crippen LogP contribution in [0.2, 0.25) is 0 Å². The molecule has 19 heavy (non-hydrogen) atoms. The van der Waals surface area contributed by atoms with E-state index in [1.54, 1.807) is 0 Å². The summed E-state index contributed by atoms with van der Waals surface area (Å²) in [6.07, 6.45) is 0. The molecule has 0 saturated carbocycles. The first kappa shape index (κ1) is 15.0. The fraction of sp³-hybridized carbons (Fsp3) is 0.222. The standard InChI is InChI=1S/C9H10FN3O5S/c10-1-2-12-9(14)6-3-7(13(15)16)5-8(4-6)19(11,17)18/h3-5H,1-2H2,(H,12,14)(H2,11,17,18). The zero-order chi connectivity index (χ0) is 14.6. The van der Waals surface area contributed by atoms with Crippen LogP contribution in [0.25, 0.3) is 0 Å². The van der Waals surface area contributed by atoms with Gasteiger partial charge in [0.2, 0.25) is 10.0 Å². The molecular weight excluding hydrogens is 281 g/mol. The fourth-order valence-electron chi connectivity index (χ4n) is 1.25. The summed E-state index contributed by atoms with van der Waals surface area (Å²) in [5, 5.41) is 17.6. The van der Waals surface area contributed by atoms with Crippen LogP contribution in [0, 0.1) is 10.1 Å². The lowest BCUT2D eigenvalue weighted by Crippen LogP contribution is -2.26. The van der Waals surface area contributed by atoms with Crippen molar-refractivity contribution in [3.05, 3.63) is 33.9 Å². The van der Waals surface area contributed by atoms with Crippen LogP contribution < -0.4 is 10.5 Å². The third-order valence-corrected chi connectivity index (χ3v) is 2.97. The SMILES string of the molecule is NS(=O)(=O)c1cc(C(=O)NCCF)cc([N+](=O)[O-])c1. The Kier molecular flexibility index (Phi) is 4.51. The van der Waals surface area contributed by atoms with E-state index in [2.05, 4.69) is 5.32 Å². The zero-order valence-electron chi connectivity index (χ0n) is 9.50. The Bertz CT molecular complexity index is 616. The minimum Gasteiger partial charge on any atom is -0.349 e. The van der Waals surface area contributed by atoms with Crippen molar-refractivity contribution in [3.63, 3.8) is 0 Å². The summed E-state index contributed by atoms with van der Waals surface area (Å²) in [5.41, 5.74) is -0.886. The summed E-state index contributed by atoms with van der Waals surface area (Å²) < 4.78 is 34.2. The number of alkyl halides is 1. The smallest absolute Gasteiger partial charge is 0.271 e. The second kappa shape index (κ2) is 5.71. The van der Waals surface area contributed by atoms with E-state index in [0.29, 0.717) is 0 Å². The Morgan fingerprint density at radius 2 is 2.05 bits per heavy atom. The number of amides is 1. The van der Waals surface area contributed by atoms with Crippen LogP contribution in [0.3, 0.4) is 0 Å². The van der Waals surface area contributed by atoms with Crippen LogP contribution in [0.5, 0.6) is 0 Å². The number of halogens is 1. The molecule has 3 N–H and O–H groups in total. The number of nitrogens with two attached hydrogens (primary N) is 1. The van der Waals surface area contributed by atoms with Gasteiger partial charge in [-0.25, -0.2) is 17.9 Å². The topological polar surface area (TPSA) is 132 Å². The number of hydrogen-bond donors (Lipinski definition) is 2. The first-order valence-corrected chi connectivity index (χ1v) is 6.47. The van der Waals surface area contributed by atoms with Gasteiger partial charge in [0.25, 0.3) is 11.6 Å². The molecule has 10 heteroatoms. The van der Waals surface area contributed by atoms with Crippen LogP contribution in [0.1, 0.15) is 10.4 Å². The molecule has 104 valence electrons. The molecule has 0 aliphatic carbocycles. The van der Waals surface area contributed by atoms with E-state index in [9.17, 15) is 27.7 Å². The van der Waals surface area contributed by atoms with Gasteiger partial charge in [-0.3, -0.25) is 14.9 Å². The predicted octanol–water partition coefficient (Wildman–Crippen LogP) is -0.0585. The Balaban J connectivity index is 3.29. The van der Waals surface area contributed by atoms with Crippen molar-refractivity contribution in [2.45, 2.75) is 4.90 Å². The number of nitro benzene ring substituents is 1. The molecule has 0 fully saturated rings. The summed E-state index contributed by atoms with van der Waals surface area (Å²) in [6, 6.07) is 2.50. The van der Waals surface area contributed by atoms with Gasteiger partial charge in [-0.05, 0) is 6.07 Å². The number of carbonyl (C=O) groups is 1. The van der Waals surface area contributed by atoms with Crippen molar-refractivity contribution in [3.8, 4) is 0 Å². The minimum absolute atomic E-state index is 0.285. The van der Waals surface area contributed by atoms with E-state index < -0.39 is 38.1 Å². The van der Waals surface area contributed by atoms with E-state index in [1.165, 1.54) is 0 Å². The van der Waals surface area contributed by atoms with Gasteiger partial charge in [-0.15, -0.1) is 0 Å². The lowest BCUT2D eigenvalue weighted by molar-refractivity contribution is -0.385. The molecule has 1 aromatic rings. The molecule has 0 heterocycles. The number of carbonyl (C=O) groups excluding carboxylic acids is 1.